The standard InChI is InChI=1S/C18H19NO3/c20-11-10-19(13-14-6-2-1-3-7-14)18(21)17-12-15-8-4-5-9-16(15)22-17/h1-9,17,20H,10-13H2. The Morgan fingerprint density at radius 2 is 1.86 bits per heavy atom. The van der Waals surface area contributed by atoms with Crippen LogP contribution in [-0.4, -0.2) is 35.2 Å². The van der Waals surface area contributed by atoms with Crippen LogP contribution < -0.4 is 4.74 Å². The summed E-state index contributed by atoms with van der Waals surface area (Å²) in [5.74, 6) is 0.707. The Bertz CT molecular complexity index is 617. The van der Waals surface area contributed by atoms with Crippen molar-refractivity contribution in [3.8, 4) is 5.75 Å². The highest BCUT2D eigenvalue weighted by Gasteiger charge is 2.32. The van der Waals surface area contributed by atoms with Crippen LogP contribution in [0.1, 0.15) is 11.1 Å². The summed E-state index contributed by atoms with van der Waals surface area (Å²) in [6.45, 7) is 0.735. The van der Waals surface area contributed by atoms with Crippen LogP contribution in [0.25, 0.3) is 0 Å². The van der Waals surface area contributed by atoms with Crippen molar-refractivity contribution in [1.82, 2.24) is 4.90 Å². The summed E-state index contributed by atoms with van der Waals surface area (Å²) >= 11 is 0. The molecule has 0 saturated carbocycles. The van der Waals surface area contributed by atoms with E-state index in [1.165, 1.54) is 0 Å². The molecule has 0 fully saturated rings. The van der Waals surface area contributed by atoms with Crippen molar-refractivity contribution in [1.29, 1.82) is 0 Å². The van der Waals surface area contributed by atoms with Gasteiger partial charge < -0.3 is 14.7 Å². The van der Waals surface area contributed by atoms with E-state index in [0.29, 0.717) is 19.5 Å². The molecule has 4 nitrogen and oxygen atoms in total. The summed E-state index contributed by atoms with van der Waals surface area (Å²) in [5, 5.41) is 9.25. The summed E-state index contributed by atoms with van der Waals surface area (Å²) in [4.78, 5) is 14.4. The molecular formula is C18H19NO3. The van der Waals surface area contributed by atoms with Crippen LogP contribution in [0.4, 0.5) is 0 Å². The van der Waals surface area contributed by atoms with Gasteiger partial charge in [0, 0.05) is 19.5 Å². The zero-order valence-electron chi connectivity index (χ0n) is 12.3. The fourth-order valence-electron chi connectivity index (χ4n) is 2.72. The SMILES string of the molecule is O=C(C1Cc2ccccc2O1)N(CCO)Cc1ccccc1. The summed E-state index contributed by atoms with van der Waals surface area (Å²) in [6.07, 6.45) is 0.0961. The lowest BCUT2D eigenvalue weighted by molar-refractivity contribution is -0.139. The molecular weight excluding hydrogens is 278 g/mol. The van der Waals surface area contributed by atoms with E-state index >= 15 is 0 Å². The maximum Gasteiger partial charge on any atom is 0.264 e. The third-order valence-electron chi connectivity index (χ3n) is 3.82. The van der Waals surface area contributed by atoms with Gasteiger partial charge in [-0.2, -0.15) is 0 Å². The highest BCUT2D eigenvalue weighted by atomic mass is 16.5. The molecule has 0 bridgehead atoms. The molecule has 22 heavy (non-hydrogen) atoms. The predicted molar refractivity (Wildman–Crippen MR) is 83.5 cm³/mol. The fraction of sp³-hybridized carbons (Fsp3) is 0.278. The Morgan fingerprint density at radius 3 is 2.59 bits per heavy atom. The van der Waals surface area contributed by atoms with Crippen LogP contribution in [-0.2, 0) is 17.8 Å². The second-order valence-corrected chi connectivity index (χ2v) is 5.39. The Kier molecular flexibility index (Phi) is 4.39. The van der Waals surface area contributed by atoms with E-state index in [-0.39, 0.29) is 12.5 Å². The molecule has 2 aromatic rings. The third-order valence-corrected chi connectivity index (χ3v) is 3.82. The molecule has 4 heteroatoms. The van der Waals surface area contributed by atoms with Crippen molar-refractivity contribution >= 4 is 5.91 Å². The van der Waals surface area contributed by atoms with Gasteiger partial charge in [0.1, 0.15) is 5.75 Å². The smallest absolute Gasteiger partial charge is 0.264 e. The van der Waals surface area contributed by atoms with Crippen molar-refractivity contribution in [2.24, 2.45) is 0 Å². The van der Waals surface area contributed by atoms with Gasteiger partial charge in [-0.1, -0.05) is 48.5 Å². The summed E-state index contributed by atoms with van der Waals surface area (Å²) in [6, 6.07) is 17.5. The number of aliphatic hydroxyl groups is 1. The maximum absolute atomic E-state index is 12.7. The number of hydrogen-bond donors (Lipinski definition) is 1. The molecule has 1 atom stereocenters. The minimum atomic E-state index is -0.493. The van der Waals surface area contributed by atoms with Gasteiger partial charge in [-0.15, -0.1) is 0 Å². The van der Waals surface area contributed by atoms with E-state index in [1.807, 2.05) is 54.6 Å². The molecule has 1 amide bonds. The highest BCUT2D eigenvalue weighted by Crippen LogP contribution is 2.29. The number of ether oxygens (including phenoxy) is 1. The molecule has 114 valence electrons. The van der Waals surface area contributed by atoms with Crippen LogP contribution in [0.3, 0.4) is 0 Å². The summed E-state index contributed by atoms with van der Waals surface area (Å²) in [5.41, 5.74) is 2.10. The van der Waals surface area contributed by atoms with Crippen molar-refractivity contribution in [2.75, 3.05) is 13.2 Å². The van der Waals surface area contributed by atoms with Gasteiger partial charge in [-0.25, -0.2) is 0 Å². The van der Waals surface area contributed by atoms with E-state index in [1.54, 1.807) is 4.90 Å². The van der Waals surface area contributed by atoms with Gasteiger partial charge in [0.15, 0.2) is 6.10 Å². The lowest BCUT2D eigenvalue weighted by Gasteiger charge is -2.24. The van der Waals surface area contributed by atoms with Crippen LogP contribution in [0.15, 0.2) is 54.6 Å². The Labute approximate surface area is 130 Å². The number of nitrogens with zero attached hydrogens (tertiary/aromatic N) is 1. The summed E-state index contributed by atoms with van der Waals surface area (Å²) < 4.78 is 5.76. The maximum atomic E-state index is 12.7. The molecule has 1 heterocycles. The molecule has 1 N–H and O–H groups in total. The lowest BCUT2D eigenvalue weighted by atomic mass is 10.1. The largest absolute Gasteiger partial charge is 0.480 e. The van der Waals surface area contributed by atoms with Crippen LogP contribution in [0.5, 0.6) is 5.75 Å². The zero-order chi connectivity index (χ0) is 15.4. The number of carbonyl (C=O) groups is 1. The third kappa shape index (κ3) is 3.12. The van der Waals surface area contributed by atoms with Gasteiger partial charge in [-0.05, 0) is 17.2 Å². The normalized spacial score (nSPS) is 16.0. The minimum absolute atomic E-state index is 0.0573. The van der Waals surface area contributed by atoms with Gasteiger partial charge in [0.05, 0.1) is 6.61 Å². The molecule has 2 aromatic carbocycles. The number of fused-ring (bicyclic) bond motifs is 1. The first kappa shape index (κ1) is 14.6. The lowest BCUT2D eigenvalue weighted by Crippen LogP contribution is -2.42. The number of rotatable bonds is 5. The number of benzene rings is 2. The van der Waals surface area contributed by atoms with Crippen LogP contribution >= 0.6 is 0 Å². The molecule has 1 unspecified atom stereocenters. The molecule has 0 aliphatic carbocycles. The average Bonchev–Trinajstić information content (AvgIpc) is 2.99. The minimum Gasteiger partial charge on any atom is -0.480 e. The quantitative estimate of drug-likeness (QED) is 0.918. The Hall–Kier alpha value is -2.33. The molecule has 1 aliphatic rings. The Balaban J connectivity index is 1.71. The van der Waals surface area contributed by atoms with Crippen LogP contribution in [0, 0.1) is 0 Å². The van der Waals surface area contributed by atoms with E-state index < -0.39 is 6.10 Å². The summed E-state index contributed by atoms with van der Waals surface area (Å²) in [7, 11) is 0. The predicted octanol–water partition coefficient (Wildman–Crippen LogP) is 2.01. The number of amides is 1. The van der Waals surface area contributed by atoms with E-state index in [2.05, 4.69) is 0 Å². The zero-order valence-corrected chi connectivity index (χ0v) is 12.3. The van der Waals surface area contributed by atoms with Crippen molar-refractivity contribution in [3.63, 3.8) is 0 Å². The first-order chi connectivity index (χ1) is 10.8. The molecule has 0 saturated heterocycles. The molecule has 1 aliphatic heterocycles. The van der Waals surface area contributed by atoms with Gasteiger partial charge in [0.25, 0.3) is 5.91 Å². The first-order valence-electron chi connectivity index (χ1n) is 7.46. The number of para-hydroxylation sites is 1. The van der Waals surface area contributed by atoms with Crippen molar-refractivity contribution < 1.29 is 14.6 Å². The van der Waals surface area contributed by atoms with Gasteiger partial charge in [-0.3, -0.25) is 4.79 Å². The number of aliphatic hydroxyl groups excluding tert-OH is 1. The van der Waals surface area contributed by atoms with E-state index in [0.717, 1.165) is 16.9 Å². The second kappa shape index (κ2) is 6.62. The molecule has 0 spiro atoms. The molecule has 3 rings (SSSR count). The molecule has 0 aromatic heterocycles. The molecule has 0 radical (unpaired) electrons. The monoisotopic (exact) mass is 297 g/mol. The van der Waals surface area contributed by atoms with Crippen molar-refractivity contribution in [2.45, 2.75) is 19.1 Å². The highest BCUT2D eigenvalue weighted by molar-refractivity contribution is 5.82. The fourth-order valence-corrected chi connectivity index (χ4v) is 2.72. The Morgan fingerprint density at radius 1 is 1.14 bits per heavy atom. The second-order valence-electron chi connectivity index (χ2n) is 5.39. The van der Waals surface area contributed by atoms with Gasteiger partial charge >= 0.3 is 0 Å². The number of carbonyl (C=O) groups excluding carboxylic acids is 1. The number of hydrogen-bond acceptors (Lipinski definition) is 3. The average molecular weight is 297 g/mol. The van der Waals surface area contributed by atoms with E-state index in [9.17, 15) is 9.90 Å². The first-order valence-corrected chi connectivity index (χ1v) is 7.46. The van der Waals surface area contributed by atoms with Gasteiger partial charge in [0.2, 0.25) is 0 Å². The van der Waals surface area contributed by atoms with Crippen molar-refractivity contribution in [3.05, 3.63) is 65.7 Å². The topological polar surface area (TPSA) is 49.8 Å². The van der Waals surface area contributed by atoms with E-state index in [4.69, 9.17) is 4.74 Å². The van der Waals surface area contributed by atoms with Crippen LogP contribution in [0.2, 0.25) is 0 Å².